The maximum absolute atomic E-state index is 2.68. The Hall–Kier alpha value is -0.0400. The van der Waals surface area contributed by atoms with Gasteiger partial charge in [-0.15, -0.1) is 0 Å². The van der Waals surface area contributed by atoms with Gasteiger partial charge in [-0.1, -0.05) is 12.8 Å². The largest absolute Gasteiger partial charge is 0.298 e. The molecule has 2 aliphatic rings. The summed E-state index contributed by atoms with van der Waals surface area (Å²) in [6.45, 7) is 9.75. The average Bonchev–Trinajstić information content (AvgIpc) is 2.60. The molecule has 0 radical (unpaired) electrons. The molecular weight excluding hydrogens is 158 g/mol. The zero-order chi connectivity index (χ0) is 9.53. The van der Waals surface area contributed by atoms with Gasteiger partial charge >= 0.3 is 0 Å². The van der Waals surface area contributed by atoms with Crippen molar-refractivity contribution in [2.24, 2.45) is 5.41 Å². The Bertz CT molecular complexity index is 184. The van der Waals surface area contributed by atoms with E-state index in [2.05, 4.69) is 25.7 Å². The first-order valence-electron chi connectivity index (χ1n) is 5.77. The van der Waals surface area contributed by atoms with Crippen molar-refractivity contribution in [2.45, 2.75) is 58.4 Å². The minimum absolute atomic E-state index is 0.395. The second kappa shape index (κ2) is 2.98. The first kappa shape index (κ1) is 9.51. The second-order valence-corrected chi connectivity index (χ2v) is 6.05. The number of hydrogen-bond donors (Lipinski definition) is 0. The van der Waals surface area contributed by atoms with Crippen LogP contribution >= 0.6 is 0 Å². The summed E-state index contributed by atoms with van der Waals surface area (Å²) < 4.78 is 0. The fourth-order valence-corrected chi connectivity index (χ4v) is 3.04. The first-order valence-corrected chi connectivity index (χ1v) is 5.77. The summed E-state index contributed by atoms with van der Waals surface area (Å²) in [7, 11) is 0. The highest BCUT2D eigenvalue weighted by molar-refractivity contribution is 4.96. The number of nitrogens with zero attached hydrogens (tertiary/aromatic N) is 1. The third-order valence-electron chi connectivity index (χ3n) is 4.05. The van der Waals surface area contributed by atoms with Crippen molar-refractivity contribution in [3.8, 4) is 0 Å². The lowest BCUT2D eigenvalue weighted by Crippen LogP contribution is -2.40. The van der Waals surface area contributed by atoms with Crippen molar-refractivity contribution >= 4 is 0 Å². The molecule has 2 fully saturated rings. The molecule has 0 aromatic heterocycles. The molecule has 1 saturated heterocycles. The van der Waals surface area contributed by atoms with Gasteiger partial charge in [0.05, 0.1) is 0 Å². The highest BCUT2D eigenvalue weighted by atomic mass is 15.2. The Morgan fingerprint density at radius 2 is 1.62 bits per heavy atom. The Morgan fingerprint density at radius 3 is 2.08 bits per heavy atom. The number of rotatable bonds is 0. The second-order valence-electron chi connectivity index (χ2n) is 6.05. The summed E-state index contributed by atoms with van der Waals surface area (Å²) in [6, 6.07) is 0. The van der Waals surface area contributed by atoms with Crippen LogP contribution in [-0.2, 0) is 0 Å². The third-order valence-corrected chi connectivity index (χ3v) is 4.05. The molecule has 0 N–H and O–H groups in total. The lowest BCUT2D eigenvalue weighted by Gasteiger charge is -2.33. The van der Waals surface area contributed by atoms with E-state index in [1.165, 1.54) is 45.2 Å². The van der Waals surface area contributed by atoms with Gasteiger partial charge in [-0.25, -0.2) is 0 Å². The smallest absolute Gasteiger partial charge is 0.0125 e. The maximum atomic E-state index is 2.68. The molecular formula is C12H23N. The quantitative estimate of drug-likeness (QED) is 0.555. The van der Waals surface area contributed by atoms with Crippen molar-refractivity contribution in [1.82, 2.24) is 4.90 Å². The Balaban J connectivity index is 2.01. The van der Waals surface area contributed by atoms with Crippen LogP contribution in [0.25, 0.3) is 0 Å². The third kappa shape index (κ3) is 1.76. The molecule has 1 nitrogen and oxygen atoms in total. The van der Waals surface area contributed by atoms with Gasteiger partial charge in [-0.3, -0.25) is 4.90 Å². The van der Waals surface area contributed by atoms with Gasteiger partial charge in [-0.05, 0) is 52.0 Å². The summed E-state index contributed by atoms with van der Waals surface area (Å²) in [4.78, 5) is 2.68. The average molecular weight is 181 g/mol. The van der Waals surface area contributed by atoms with Crippen LogP contribution in [-0.4, -0.2) is 23.5 Å². The molecule has 1 aliphatic carbocycles. The minimum Gasteiger partial charge on any atom is -0.298 e. The standard InChI is InChI=1S/C12H23N/c1-11(2,3)13-9-8-12(10-13)6-4-5-7-12/h4-10H2,1-3H3. The monoisotopic (exact) mass is 181 g/mol. The first-order chi connectivity index (χ1) is 6.02. The van der Waals surface area contributed by atoms with Crippen LogP contribution in [0.4, 0.5) is 0 Å². The SMILES string of the molecule is CC(C)(C)N1CCC2(CCCC2)C1. The Labute approximate surface area is 82.5 Å². The zero-order valence-corrected chi connectivity index (χ0v) is 9.40. The fourth-order valence-electron chi connectivity index (χ4n) is 3.04. The predicted molar refractivity (Wildman–Crippen MR) is 56.8 cm³/mol. The van der Waals surface area contributed by atoms with E-state index in [9.17, 15) is 0 Å². The zero-order valence-electron chi connectivity index (χ0n) is 9.40. The van der Waals surface area contributed by atoms with Crippen LogP contribution in [0.3, 0.4) is 0 Å². The highest BCUT2D eigenvalue weighted by Gasteiger charge is 2.42. The molecule has 0 aromatic rings. The van der Waals surface area contributed by atoms with Gasteiger partial charge in [0.1, 0.15) is 0 Å². The molecule has 1 heteroatoms. The van der Waals surface area contributed by atoms with Gasteiger partial charge in [0, 0.05) is 12.1 Å². The van der Waals surface area contributed by atoms with Crippen molar-refractivity contribution in [3.05, 3.63) is 0 Å². The van der Waals surface area contributed by atoms with E-state index in [-0.39, 0.29) is 0 Å². The van der Waals surface area contributed by atoms with E-state index in [1.807, 2.05) is 0 Å². The normalized spacial score (nSPS) is 28.8. The fraction of sp³-hybridized carbons (Fsp3) is 1.00. The molecule has 13 heavy (non-hydrogen) atoms. The van der Waals surface area contributed by atoms with Gasteiger partial charge in [0.2, 0.25) is 0 Å². The van der Waals surface area contributed by atoms with E-state index < -0.39 is 0 Å². The van der Waals surface area contributed by atoms with E-state index in [0.717, 1.165) is 5.41 Å². The summed E-state index contributed by atoms with van der Waals surface area (Å²) in [6.07, 6.45) is 7.43. The predicted octanol–water partition coefficient (Wildman–Crippen LogP) is 3.05. The van der Waals surface area contributed by atoms with Crippen LogP contribution in [0, 0.1) is 5.41 Å². The van der Waals surface area contributed by atoms with Gasteiger partial charge in [0.15, 0.2) is 0 Å². The van der Waals surface area contributed by atoms with E-state index >= 15 is 0 Å². The van der Waals surface area contributed by atoms with Crippen molar-refractivity contribution < 1.29 is 0 Å². The molecule has 1 aliphatic heterocycles. The molecule has 76 valence electrons. The molecule has 0 unspecified atom stereocenters. The summed E-state index contributed by atoms with van der Waals surface area (Å²) in [5.41, 5.74) is 1.14. The molecule has 2 rings (SSSR count). The maximum Gasteiger partial charge on any atom is 0.0125 e. The summed E-state index contributed by atoms with van der Waals surface area (Å²) in [5, 5.41) is 0. The van der Waals surface area contributed by atoms with Crippen molar-refractivity contribution in [3.63, 3.8) is 0 Å². The Morgan fingerprint density at radius 1 is 1.00 bits per heavy atom. The van der Waals surface area contributed by atoms with Gasteiger partial charge in [0.25, 0.3) is 0 Å². The van der Waals surface area contributed by atoms with Crippen LogP contribution in [0.2, 0.25) is 0 Å². The van der Waals surface area contributed by atoms with Crippen molar-refractivity contribution in [2.75, 3.05) is 13.1 Å². The molecule has 0 atom stereocenters. The van der Waals surface area contributed by atoms with Crippen LogP contribution in [0.15, 0.2) is 0 Å². The lowest BCUT2D eigenvalue weighted by molar-refractivity contribution is 0.149. The molecule has 1 heterocycles. The van der Waals surface area contributed by atoms with E-state index in [1.54, 1.807) is 0 Å². The minimum atomic E-state index is 0.395. The van der Waals surface area contributed by atoms with E-state index in [0.29, 0.717) is 5.54 Å². The molecule has 0 amide bonds. The molecule has 0 bridgehead atoms. The topological polar surface area (TPSA) is 3.24 Å². The van der Waals surface area contributed by atoms with Crippen LogP contribution in [0.1, 0.15) is 52.9 Å². The number of hydrogen-bond acceptors (Lipinski definition) is 1. The lowest BCUT2D eigenvalue weighted by atomic mass is 9.85. The summed E-state index contributed by atoms with van der Waals surface area (Å²) in [5.74, 6) is 0. The molecule has 1 spiro atoms. The Kier molecular flexibility index (Phi) is 2.18. The van der Waals surface area contributed by atoms with Crippen molar-refractivity contribution in [1.29, 1.82) is 0 Å². The highest BCUT2D eigenvalue weighted by Crippen LogP contribution is 2.46. The molecule has 1 saturated carbocycles. The van der Waals surface area contributed by atoms with Gasteiger partial charge in [-0.2, -0.15) is 0 Å². The molecule has 0 aromatic carbocycles. The van der Waals surface area contributed by atoms with Gasteiger partial charge < -0.3 is 0 Å². The summed E-state index contributed by atoms with van der Waals surface area (Å²) >= 11 is 0. The van der Waals surface area contributed by atoms with Crippen LogP contribution < -0.4 is 0 Å². The number of likely N-dealkylation sites (tertiary alicyclic amines) is 1. The van der Waals surface area contributed by atoms with Crippen LogP contribution in [0.5, 0.6) is 0 Å². The van der Waals surface area contributed by atoms with E-state index in [4.69, 9.17) is 0 Å².